The van der Waals surface area contributed by atoms with E-state index in [1.807, 2.05) is 32.9 Å². The molecule has 2 N–H and O–H groups in total. The predicted octanol–water partition coefficient (Wildman–Crippen LogP) is 3.66. The summed E-state index contributed by atoms with van der Waals surface area (Å²) in [5, 5.41) is 12.3. The van der Waals surface area contributed by atoms with Gasteiger partial charge in [0.15, 0.2) is 5.13 Å². The maximum Gasteiger partial charge on any atom is 0.223 e. The van der Waals surface area contributed by atoms with Gasteiger partial charge in [-0.2, -0.15) is 0 Å². The average molecular weight is 298 g/mol. The molecule has 2 rings (SSSR count). The molecule has 0 saturated heterocycles. The van der Waals surface area contributed by atoms with Crippen molar-refractivity contribution in [3.8, 4) is 9.75 Å². The molecule has 0 aliphatic rings. The van der Waals surface area contributed by atoms with Crippen LogP contribution in [0.2, 0.25) is 0 Å². The van der Waals surface area contributed by atoms with E-state index in [0.29, 0.717) is 5.13 Å². The molecule has 0 radical (unpaired) electrons. The average Bonchev–Trinajstić information content (AvgIpc) is 2.97. The monoisotopic (exact) mass is 298 g/mol. The summed E-state index contributed by atoms with van der Waals surface area (Å²) in [5.74, 6) is -0.118. The van der Waals surface area contributed by atoms with Crippen LogP contribution in [0.1, 0.15) is 31.3 Å². The number of aryl methyl sites for hydroxylation is 1. The Bertz CT molecular complexity index is 547. The second-order valence-electron chi connectivity index (χ2n) is 3.54. The summed E-state index contributed by atoms with van der Waals surface area (Å²) in [7, 11) is 0. The molecule has 0 saturated carbocycles. The Labute approximate surface area is 121 Å². The van der Waals surface area contributed by atoms with Gasteiger partial charge in [-0.25, -0.2) is 4.98 Å². The van der Waals surface area contributed by atoms with Crippen molar-refractivity contribution >= 4 is 33.7 Å². The molecule has 0 bridgehead atoms. The first-order valence-corrected chi connectivity index (χ1v) is 7.68. The van der Waals surface area contributed by atoms with Gasteiger partial charge in [-0.3, -0.25) is 4.79 Å². The van der Waals surface area contributed by atoms with E-state index in [1.54, 1.807) is 11.3 Å². The Kier molecular flexibility index (Phi) is 6.14. The second kappa shape index (κ2) is 7.37. The van der Waals surface area contributed by atoms with Crippen LogP contribution in [0, 0.1) is 6.92 Å². The van der Waals surface area contributed by atoms with Gasteiger partial charge in [-0.1, -0.05) is 25.2 Å². The molecule has 19 heavy (non-hydrogen) atoms. The molecule has 1 amide bonds. The minimum Gasteiger partial charge on any atom is -0.391 e. The van der Waals surface area contributed by atoms with Gasteiger partial charge < -0.3 is 10.4 Å². The Balaban J connectivity index is 0.000000861. The lowest BCUT2D eigenvalue weighted by atomic mass is 10.3. The summed E-state index contributed by atoms with van der Waals surface area (Å²) in [6, 6.07) is 3.87. The van der Waals surface area contributed by atoms with Crippen LogP contribution >= 0.6 is 22.7 Å². The lowest BCUT2D eigenvalue weighted by Gasteiger charge is -1.92. The molecule has 0 aromatic carbocycles. The third-order valence-corrected chi connectivity index (χ3v) is 4.44. The van der Waals surface area contributed by atoms with Gasteiger partial charge in [-0.05, 0) is 19.1 Å². The van der Waals surface area contributed by atoms with Crippen LogP contribution in [0.5, 0.6) is 0 Å². The number of thiazole rings is 1. The Morgan fingerprint density at radius 1 is 1.37 bits per heavy atom. The van der Waals surface area contributed by atoms with Gasteiger partial charge in [0.25, 0.3) is 0 Å². The van der Waals surface area contributed by atoms with Crippen LogP contribution in [0.4, 0.5) is 5.13 Å². The van der Waals surface area contributed by atoms with Gasteiger partial charge >= 0.3 is 0 Å². The summed E-state index contributed by atoms with van der Waals surface area (Å²) >= 11 is 2.99. The number of hydrogen-bond acceptors (Lipinski definition) is 5. The van der Waals surface area contributed by atoms with E-state index in [0.717, 1.165) is 20.3 Å². The number of thiophene rings is 1. The highest BCUT2D eigenvalue weighted by atomic mass is 32.1. The largest absolute Gasteiger partial charge is 0.391 e. The number of carbonyl (C=O) groups excluding carboxylic acids is 1. The highest BCUT2D eigenvalue weighted by Crippen LogP contribution is 2.36. The van der Waals surface area contributed by atoms with Crippen LogP contribution in [0.25, 0.3) is 9.75 Å². The number of hydrogen-bond donors (Lipinski definition) is 2. The lowest BCUT2D eigenvalue weighted by Crippen LogP contribution is -2.04. The van der Waals surface area contributed by atoms with Crippen molar-refractivity contribution in [2.75, 3.05) is 5.32 Å². The first kappa shape index (κ1) is 15.8. The highest BCUT2D eigenvalue weighted by molar-refractivity contribution is 7.24. The van der Waals surface area contributed by atoms with Gasteiger partial charge in [0.1, 0.15) is 0 Å². The fourth-order valence-electron chi connectivity index (χ4n) is 1.41. The molecule has 6 heteroatoms. The molecular formula is C13H18N2O2S2. The minimum atomic E-state index is -0.118. The third kappa shape index (κ3) is 4.12. The molecule has 2 heterocycles. The van der Waals surface area contributed by atoms with Crippen molar-refractivity contribution in [2.45, 2.75) is 34.3 Å². The summed E-state index contributed by atoms with van der Waals surface area (Å²) in [6.45, 7) is 7.43. The van der Waals surface area contributed by atoms with Crippen molar-refractivity contribution in [2.24, 2.45) is 0 Å². The fourth-order valence-corrected chi connectivity index (χ4v) is 3.46. The summed E-state index contributed by atoms with van der Waals surface area (Å²) in [5.41, 5.74) is 0.894. The first-order valence-electron chi connectivity index (χ1n) is 6.05. The predicted molar refractivity (Wildman–Crippen MR) is 81.7 cm³/mol. The van der Waals surface area contributed by atoms with Crippen molar-refractivity contribution in [1.29, 1.82) is 0 Å². The lowest BCUT2D eigenvalue weighted by molar-refractivity contribution is -0.114. The Morgan fingerprint density at radius 3 is 2.58 bits per heavy atom. The van der Waals surface area contributed by atoms with E-state index in [4.69, 9.17) is 5.11 Å². The van der Waals surface area contributed by atoms with Crippen LogP contribution in [0.15, 0.2) is 12.1 Å². The number of aliphatic hydroxyl groups is 1. The maximum atomic E-state index is 10.9. The van der Waals surface area contributed by atoms with E-state index in [2.05, 4.69) is 10.3 Å². The van der Waals surface area contributed by atoms with E-state index in [1.165, 1.54) is 18.3 Å². The molecule has 2 aromatic heterocycles. The van der Waals surface area contributed by atoms with E-state index in [9.17, 15) is 4.79 Å². The zero-order chi connectivity index (χ0) is 14.4. The van der Waals surface area contributed by atoms with Crippen molar-refractivity contribution < 1.29 is 9.90 Å². The SMILES string of the molecule is CC.CC(=O)Nc1nc(C)c(-c2ccc(CO)s2)s1. The number of rotatable bonds is 3. The molecule has 2 aromatic rings. The molecule has 0 atom stereocenters. The Morgan fingerprint density at radius 2 is 2.05 bits per heavy atom. The summed E-state index contributed by atoms with van der Waals surface area (Å²) in [4.78, 5) is 18.3. The molecule has 0 unspecified atom stereocenters. The van der Waals surface area contributed by atoms with Crippen LogP contribution in [0.3, 0.4) is 0 Å². The summed E-state index contributed by atoms with van der Waals surface area (Å²) < 4.78 is 0. The number of carbonyl (C=O) groups is 1. The molecular weight excluding hydrogens is 280 g/mol. The first-order chi connectivity index (χ1) is 9.10. The molecule has 0 fully saturated rings. The number of aliphatic hydroxyl groups excluding tert-OH is 1. The molecule has 104 valence electrons. The number of nitrogens with one attached hydrogen (secondary N) is 1. The van der Waals surface area contributed by atoms with Crippen molar-refractivity contribution in [3.63, 3.8) is 0 Å². The second-order valence-corrected chi connectivity index (χ2v) is 5.71. The van der Waals surface area contributed by atoms with Gasteiger partial charge in [-0.15, -0.1) is 11.3 Å². The van der Waals surface area contributed by atoms with Crippen molar-refractivity contribution in [1.82, 2.24) is 4.98 Å². The smallest absolute Gasteiger partial charge is 0.223 e. The number of nitrogens with zero attached hydrogens (tertiary/aromatic N) is 1. The number of aromatic nitrogens is 1. The van der Waals surface area contributed by atoms with E-state index >= 15 is 0 Å². The van der Waals surface area contributed by atoms with E-state index in [-0.39, 0.29) is 12.5 Å². The normalized spacial score (nSPS) is 9.74. The summed E-state index contributed by atoms with van der Waals surface area (Å²) in [6.07, 6.45) is 0. The molecule has 0 aliphatic carbocycles. The molecule has 0 spiro atoms. The zero-order valence-electron chi connectivity index (χ0n) is 11.5. The fraction of sp³-hybridized carbons (Fsp3) is 0.385. The van der Waals surface area contributed by atoms with Crippen LogP contribution < -0.4 is 5.32 Å². The van der Waals surface area contributed by atoms with Gasteiger partial charge in [0.2, 0.25) is 5.91 Å². The third-order valence-electron chi connectivity index (χ3n) is 2.12. The minimum absolute atomic E-state index is 0.0566. The number of amides is 1. The maximum absolute atomic E-state index is 10.9. The molecule has 4 nitrogen and oxygen atoms in total. The van der Waals surface area contributed by atoms with Gasteiger partial charge in [0.05, 0.1) is 17.2 Å². The Hall–Kier alpha value is -1.24. The zero-order valence-corrected chi connectivity index (χ0v) is 13.1. The molecule has 0 aliphatic heterocycles. The topological polar surface area (TPSA) is 62.2 Å². The van der Waals surface area contributed by atoms with Gasteiger partial charge in [0, 0.05) is 16.7 Å². The van der Waals surface area contributed by atoms with Crippen LogP contribution in [-0.2, 0) is 11.4 Å². The number of anilines is 1. The quantitative estimate of drug-likeness (QED) is 0.909. The highest BCUT2D eigenvalue weighted by Gasteiger charge is 2.12. The van der Waals surface area contributed by atoms with Crippen LogP contribution in [-0.4, -0.2) is 16.0 Å². The standard InChI is InChI=1S/C11H12N2O2S2.C2H6/c1-6-10(9-4-3-8(5-14)16-9)17-11(12-6)13-7(2)15;1-2/h3-4,14H,5H2,1-2H3,(H,12,13,15);1-2H3. The van der Waals surface area contributed by atoms with Crippen molar-refractivity contribution in [3.05, 3.63) is 22.7 Å². The van der Waals surface area contributed by atoms with E-state index < -0.39 is 0 Å².